The van der Waals surface area contributed by atoms with Gasteiger partial charge in [0.15, 0.2) is 0 Å². The lowest BCUT2D eigenvalue weighted by atomic mass is 9.72. The highest BCUT2D eigenvalue weighted by molar-refractivity contribution is 6.66. The Kier molecular flexibility index (Phi) is 14.7. The lowest BCUT2D eigenvalue weighted by Crippen LogP contribution is -2.31. The Hall–Kier alpha value is -10.6. The quantitative estimate of drug-likeness (QED) is 0.128. The summed E-state index contributed by atoms with van der Waals surface area (Å²) in [6, 6.07) is 101. The Morgan fingerprint density at radius 1 is 0.300 bits per heavy atom. The molecule has 4 nitrogen and oxygen atoms in total. The maximum absolute atomic E-state index is 9.94. The topological polar surface area (TPSA) is 88.0 Å². The summed E-state index contributed by atoms with van der Waals surface area (Å²) in [4.78, 5) is 0. The van der Waals surface area contributed by atoms with Gasteiger partial charge in [0.1, 0.15) is 0 Å². The van der Waals surface area contributed by atoms with Crippen LogP contribution in [0.3, 0.4) is 0 Å². The average Bonchev–Trinajstić information content (AvgIpc) is 1.19. The number of hydrogen-bond donors (Lipinski definition) is 2. The van der Waals surface area contributed by atoms with E-state index in [0.717, 1.165) is 48.8 Å². The summed E-state index contributed by atoms with van der Waals surface area (Å²) in [6.45, 7) is 8.98. The predicted octanol–water partition coefficient (Wildman–Crippen LogP) is 20.7. The molecule has 14 aromatic rings. The van der Waals surface area contributed by atoms with Crippen LogP contribution in [0.2, 0.25) is 5.02 Å². The minimum absolute atomic E-state index is 0.119. The molecule has 0 spiro atoms. The van der Waals surface area contributed by atoms with Gasteiger partial charge in [-0.3, -0.25) is 0 Å². The number of fused-ring (bicyclic) bond motifs is 10. The number of hydrogen-bond acceptors (Lipinski definition) is 4. The van der Waals surface area contributed by atoms with Gasteiger partial charge >= 0.3 is 7.12 Å². The van der Waals surface area contributed by atoms with E-state index in [9.17, 15) is 20.6 Å². The number of benzene rings is 14. The average molecular weight is 1180 g/mol. The first-order chi connectivity index (χ1) is 43.8. The van der Waals surface area contributed by atoms with Crippen LogP contribution in [-0.4, -0.2) is 17.2 Å². The van der Waals surface area contributed by atoms with Crippen molar-refractivity contribution in [3.63, 3.8) is 0 Å². The van der Waals surface area contributed by atoms with Gasteiger partial charge < -0.3 is 10.0 Å². The highest BCUT2D eigenvalue weighted by atomic mass is 35.5. The Labute approximate surface area is 530 Å². The van der Waals surface area contributed by atoms with Crippen molar-refractivity contribution in [2.45, 2.75) is 38.5 Å². The van der Waals surface area contributed by atoms with Crippen molar-refractivity contribution in [1.82, 2.24) is 0 Å². The van der Waals surface area contributed by atoms with Crippen LogP contribution in [0.5, 0.6) is 0 Å². The van der Waals surface area contributed by atoms with Crippen LogP contribution in [0.4, 0.5) is 0 Å². The third-order valence-corrected chi connectivity index (χ3v) is 18.8. The van der Waals surface area contributed by atoms with Crippen LogP contribution in [0, 0.1) is 22.7 Å². The van der Waals surface area contributed by atoms with E-state index in [2.05, 4.69) is 216 Å². The van der Waals surface area contributed by atoms with E-state index < -0.39 is 7.12 Å². The molecule has 2 N–H and O–H groups in total. The zero-order valence-electron chi connectivity index (χ0n) is 50.3. The monoisotopic (exact) mass is 1170 g/mol. The molecule has 6 heteroatoms. The molecule has 90 heavy (non-hydrogen) atoms. The normalized spacial score (nSPS) is 12.8. The van der Waals surface area contributed by atoms with Crippen LogP contribution in [0.25, 0.3) is 121 Å². The second kappa shape index (κ2) is 23.1. The van der Waals surface area contributed by atoms with Crippen molar-refractivity contribution >= 4 is 67.3 Å². The lowest BCUT2D eigenvalue weighted by Gasteiger charge is -2.22. The van der Waals surface area contributed by atoms with Gasteiger partial charge in [0, 0.05) is 15.9 Å². The van der Waals surface area contributed by atoms with Crippen LogP contribution >= 0.6 is 11.6 Å². The molecule has 0 radical (unpaired) electrons. The van der Waals surface area contributed by atoms with Crippen molar-refractivity contribution in [3.8, 4) is 90.0 Å². The summed E-state index contributed by atoms with van der Waals surface area (Å²) >= 11 is 6.14. The molecule has 0 amide bonds. The van der Waals surface area contributed by atoms with Crippen molar-refractivity contribution in [1.29, 1.82) is 10.5 Å². The van der Waals surface area contributed by atoms with Crippen LogP contribution in [-0.2, 0) is 10.8 Å². The fourth-order valence-electron chi connectivity index (χ4n) is 14.2. The second-order valence-electron chi connectivity index (χ2n) is 24.4. The molecule has 14 aromatic carbocycles. The Balaban J connectivity index is 0.000000128. The van der Waals surface area contributed by atoms with Crippen molar-refractivity contribution in [3.05, 3.63) is 317 Å². The molecule has 428 valence electrons. The first-order valence-corrected chi connectivity index (χ1v) is 30.8. The molecule has 2 aliphatic rings. The van der Waals surface area contributed by atoms with Crippen molar-refractivity contribution < 1.29 is 10.0 Å². The molecule has 0 fully saturated rings. The molecule has 0 saturated carbocycles. The summed E-state index contributed by atoms with van der Waals surface area (Å²) < 4.78 is 0. The minimum atomic E-state index is -1.50. The number of nitriles is 2. The van der Waals surface area contributed by atoms with Gasteiger partial charge in [-0.25, -0.2) is 0 Å². The third-order valence-electron chi connectivity index (χ3n) is 18.5. The van der Waals surface area contributed by atoms with Crippen LogP contribution in [0.1, 0.15) is 61.1 Å². The summed E-state index contributed by atoms with van der Waals surface area (Å²) in [7, 11) is -1.50. The molecule has 2 aliphatic carbocycles. The SMILES string of the molecule is CC1(C)c2cc(C#N)ccc2-c2ccc(-c3cccc(-c4c5ccccc5c(-c5ccccc5)c5ccccc45)c3)cc21.CC1(C)c2cc(C#N)ccc2-c2ccc(-c3cccc(Cl)c3)cc21.OB(O)c1c2ccccc2c(-c2ccccc2)c2ccccc12. The van der Waals surface area contributed by atoms with Gasteiger partial charge in [-0.2, -0.15) is 10.5 Å². The van der Waals surface area contributed by atoms with Gasteiger partial charge in [0.25, 0.3) is 0 Å². The fraction of sp³-hybridized carbons (Fsp3) is 0.0714. The van der Waals surface area contributed by atoms with Crippen LogP contribution < -0.4 is 5.46 Å². The van der Waals surface area contributed by atoms with E-state index in [4.69, 9.17) is 11.6 Å². The summed E-state index contributed by atoms with van der Waals surface area (Å²) in [5, 5.41) is 48.2. The van der Waals surface area contributed by atoms with Gasteiger partial charge in [-0.1, -0.05) is 264 Å². The molecule has 0 bridgehead atoms. The largest absolute Gasteiger partial charge is 0.489 e. The van der Waals surface area contributed by atoms with Crippen molar-refractivity contribution in [2.75, 3.05) is 0 Å². The Morgan fingerprint density at radius 2 is 0.600 bits per heavy atom. The zero-order valence-corrected chi connectivity index (χ0v) is 51.1. The maximum atomic E-state index is 9.94. The first kappa shape index (κ1) is 57.1. The van der Waals surface area contributed by atoms with Crippen LogP contribution in [0.15, 0.2) is 279 Å². The lowest BCUT2D eigenvalue weighted by molar-refractivity contribution is 0.426. The number of rotatable bonds is 6. The van der Waals surface area contributed by atoms with E-state index in [1.165, 1.54) is 99.4 Å². The van der Waals surface area contributed by atoms with Gasteiger partial charge in [0.05, 0.1) is 23.3 Å². The molecular weight excluding hydrogens is 1120 g/mol. The number of nitrogens with zero attached hydrogens (tertiary/aromatic N) is 2. The molecule has 0 aliphatic heterocycles. The van der Waals surface area contributed by atoms with E-state index in [-0.39, 0.29) is 10.8 Å². The highest BCUT2D eigenvalue weighted by Crippen LogP contribution is 2.52. The molecule has 0 saturated heterocycles. The number of halogens is 1. The molecule has 0 aromatic heterocycles. The van der Waals surface area contributed by atoms with E-state index in [1.54, 1.807) is 0 Å². The molecule has 16 rings (SSSR count). The van der Waals surface area contributed by atoms with E-state index >= 15 is 0 Å². The molecular formula is C84H60BClN2O2. The second-order valence-corrected chi connectivity index (χ2v) is 24.9. The molecule has 0 atom stereocenters. The summed E-state index contributed by atoms with van der Waals surface area (Å²) in [6.07, 6.45) is 0. The van der Waals surface area contributed by atoms with Gasteiger partial charge in [-0.15, -0.1) is 0 Å². The third kappa shape index (κ3) is 9.91. The van der Waals surface area contributed by atoms with E-state index in [1.807, 2.05) is 103 Å². The zero-order chi connectivity index (χ0) is 61.8. The van der Waals surface area contributed by atoms with Gasteiger partial charge in [-0.05, 0) is 203 Å². The predicted molar refractivity (Wildman–Crippen MR) is 376 cm³/mol. The standard InChI is InChI=1S/C42H29N.C22H16ClN.C20H15BO2/c1-42(2)38-23-27(26-43)19-21-32(38)33-22-20-30(25-39(33)42)29-13-10-14-31(24-29)41-36-17-8-6-15-34(36)40(28-11-4-3-5-12-28)35-16-7-9-18-37(35)41;1-22(2)20-10-14(13-24)6-8-18(20)19-9-7-16(12-21(19)22)15-4-3-5-17(23)11-15;22-21(23)20-17-12-6-4-10-15(17)19(14-8-2-1-3-9-14)16-11-5-7-13-18(16)20/h3-25H,1-2H3;3-12H,1-2H3;1-13,22-23H. The van der Waals surface area contributed by atoms with E-state index in [0.29, 0.717) is 16.6 Å². The Morgan fingerprint density at radius 3 is 0.989 bits per heavy atom. The minimum Gasteiger partial charge on any atom is -0.423 e. The first-order valence-electron chi connectivity index (χ1n) is 30.4. The Bertz CT molecular complexity index is 5160. The molecule has 0 heterocycles. The highest BCUT2D eigenvalue weighted by Gasteiger charge is 2.37. The summed E-state index contributed by atoms with van der Waals surface area (Å²) in [5.74, 6) is 0. The van der Waals surface area contributed by atoms with Crippen molar-refractivity contribution in [2.24, 2.45) is 0 Å². The van der Waals surface area contributed by atoms with Gasteiger partial charge in [0.2, 0.25) is 0 Å². The maximum Gasteiger partial charge on any atom is 0.489 e. The summed E-state index contributed by atoms with van der Waals surface area (Å²) in [5.41, 5.74) is 23.7. The fourth-order valence-corrected chi connectivity index (χ4v) is 14.4. The smallest absolute Gasteiger partial charge is 0.423 e. The molecule has 0 unspecified atom stereocenters.